The van der Waals surface area contributed by atoms with Crippen molar-refractivity contribution in [2.75, 3.05) is 0 Å². The topological polar surface area (TPSA) is 72.9 Å². The molecule has 4 rings (SSSR count). The lowest BCUT2D eigenvalue weighted by molar-refractivity contribution is -0.124. The molecule has 1 aromatic carbocycles. The molecule has 1 aromatic heterocycles. The third kappa shape index (κ3) is 4.00. The molecule has 2 unspecified atom stereocenters. The second-order valence-corrected chi connectivity index (χ2v) is 7.51. The summed E-state index contributed by atoms with van der Waals surface area (Å²) in [6, 6.07) is 8.60. The number of hydrogen-bond donors (Lipinski definition) is 2. The van der Waals surface area contributed by atoms with E-state index in [-0.39, 0.29) is 30.7 Å². The van der Waals surface area contributed by atoms with Gasteiger partial charge in [0.15, 0.2) is 0 Å². The number of nitrogens with zero attached hydrogens (tertiary/aromatic N) is 2. The number of amides is 1. The van der Waals surface area contributed by atoms with Gasteiger partial charge in [0.25, 0.3) is 0 Å². The van der Waals surface area contributed by atoms with Gasteiger partial charge >= 0.3 is 0 Å². The van der Waals surface area contributed by atoms with Crippen LogP contribution in [0.2, 0.25) is 0 Å². The Morgan fingerprint density at radius 3 is 2.58 bits per heavy atom. The number of imidazole rings is 1. The van der Waals surface area contributed by atoms with Crippen molar-refractivity contribution in [3.8, 4) is 0 Å². The van der Waals surface area contributed by atoms with Crippen LogP contribution in [0.25, 0.3) is 11.0 Å². The van der Waals surface area contributed by atoms with Crippen LogP contribution in [0.1, 0.15) is 37.9 Å². The number of aromatic nitrogens is 2. The van der Waals surface area contributed by atoms with E-state index < -0.39 is 0 Å². The number of rotatable bonds is 3. The van der Waals surface area contributed by atoms with Crippen LogP contribution in [0.15, 0.2) is 24.3 Å². The highest BCUT2D eigenvalue weighted by molar-refractivity contribution is 5.85. The number of aryl methyl sites for hydroxylation is 1. The highest BCUT2D eigenvalue weighted by atomic mass is 35.5. The van der Waals surface area contributed by atoms with Gasteiger partial charge in [-0.2, -0.15) is 0 Å². The van der Waals surface area contributed by atoms with Crippen molar-refractivity contribution in [2.24, 2.45) is 17.6 Å². The van der Waals surface area contributed by atoms with E-state index in [9.17, 15) is 4.79 Å². The normalized spacial score (nSPS) is 27.3. The molecule has 3 N–H and O–H groups in total. The number of benzene rings is 1. The number of carbonyl (C=O) groups excluding carboxylic acids is 1. The van der Waals surface area contributed by atoms with Gasteiger partial charge in [-0.1, -0.05) is 18.6 Å². The molecular formula is C19H28Cl2N4O. The summed E-state index contributed by atoms with van der Waals surface area (Å²) in [5, 5.41) is 3.33. The Balaban J connectivity index is 0.00000121. The summed E-state index contributed by atoms with van der Waals surface area (Å²) in [4.78, 5) is 17.2. The minimum Gasteiger partial charge on any atom is -0.351 e. The van der Waals surface area contributed by atoms with Gasteiger partial charge in [-0.05, 0) is 56.6 Å². The van der Waals surface area contributed by atoms with Gasteiger partial charge < -0.3 is 15.6 Å². The van der Waals surface area contributed by atoms with Crippen LogP contribution in [-0.2, 0) is 11.3 Å². The molecule has 0 radical (unpaired) electrons. The Labute approximate surface area is 166 Å². The van der Waals surface area contributed by atoms with Crippen molar-refractivity contribution >= 4 is 41.8 Å². The van der Waals surface area contributed by atoms with Crippen LogP contribution >= 0.6 is 24.8 Å². The van der Waals surface area contributed by atoms with Gasteiger partial charge in [0, 0.05) is 12.1 Å². The SMILES string of the molecule is Cc1nc2ccccc2n1CC(=O)NC1C2CCCC1CC(N)C2.Cl.Cl. The van der Waals surface area contributed by atoms with E-state index in [1.54, 1.807) is 0 Å². The van der Waals surface area contributed by atoms with Crippen LogP contribution < -0.4 is 11.1 Å². The van der Waals surface area contributed by atoms with E-state index in [4.69, 9.17) is 5.73 Å². The Kier molecular flexibility index (Phi) is 6.94. The fourth-order valence-corrected chi connectivity index (χ4v) is 4.80. The van der Waals surface area contributed by atoms with Crippen molar-refractivity contribution in [1.82, 2.24) is 14.9 Å². The van der Waals surface area contributed by atoms with E-state index in [1.165, 1.54) is 19.3 Å². The molecule has 1 heterocycles. The van der Waals surface area contributed by atoms with Gasteiger partial charge in [-0.3, -0.25) is 4.79 Å². The number of carbonyl (C=O) groups is 1. The molecule has 2 saturated carbocycles. The number of nitrogens with one attached hydrogen (secondary N) is 1. The van der Waals surface area contributed by atoms with Crippen LogP contribution in [0.5, 0.6) is 0 Å². The van der Waals surface area contributed by atoms with E-state index >= 15 is 0 Å². The second kappa shape index (κ2) is 8.59. The van der Waals surface area contributed by atoms with Crippen molar-refractivity contribution in [1.29, 1.82) is 0 Å². The van der Waals surface area contributed by atoms with Gasteiger partial charge in [-0.15, -0.1) is 24.8 Å². The quantitative estimate of drug-likeness (QED) is 0.833. The van der Waals surface area contributed by atoms with Crippen molar-refractivity contribution in [3.63, 3.8) is 0 Å². The maximum Gasteiger partial charge on any atom is 0.240 e. The van der Waals surface area contributed by atoms with Crippen molar-refractivity contribution in [2.45, 2.75) is 57.7 Å². The molecular weight excluding hydrogens is 371 g/mol. The molecule has 2 bridgehead atoms. The average molecular weight is 399 g/mol. The summed E-state index contributed by atoms with van der Waals surface area (Å²) in [5.74, 6) is 2.09. The molecule has 2 atom stereocenters. The fourth-order valence-electron chi connectivity index (χ4n) is 4.80. The van der Waals surface area contributed by atoms with Gasteiger partial charge in [0.1, 0.15) is 12.4 Å². The van der Waals surface area contributed by atoms with Crippen molar-refractivity contribution < 1.29 is 4.79 Å². The minimum absolute atomic E-state index is 0. The molecule has 26 heavy (non-hydrogen) atoms. The maximum absolute atomic E-state index is 12.7. The average Bonchev–Trinajstić information content (AvgIpc) is 2.84. The largest absolute Gasteiger partial charge is 0.351 e. The Hall–Kier alpha value is -1.30. The van der Waals surface area contributed by atoms with Crippen LogP contribution in [0.3, 0.4) is 0 Å². The molecule has 2 aromatic rings. The van der Waals surface area contributed by atoms with Crippen LogP contribution in [0.4, 0.5) is 0 Å². The summed E-state index contributed by atoms with van der Waals surface area (Å²) < 4.78 is 2.01. The summed E-state index contributed by atoms with van der Waals surface area (Å²) in [5.41, 5.74) is 8.16. The lowest BCUT2D eigenvalue weighted by atomic mass is 9.67. The Bertz CT molecular complexity index is 749. The lowest BCUT2D eigenvalue weighted by Crippen LogP contribution is -2.54. The molecule has 2 fully saturated rings. The molecule has 1 amide bonds. The molecule has 2 aliphatic rings. The molecule has 0 saturated heterocycles. The highest BCUT2D eigenvalue weighted by Crippen LogP contribution is 2.39. The van der Waals surface area contributed by atoms with Gasteiger partial charge in [0.05, 0.1) is 11.0 Å². The standard InChI is InChI=1S/C19H26N4O.2ClH/c1-12-21-16-7-2-3-8-17(16)23(12)11-18(24)22-19-13-5-4-6-14(19)10-15(20)9-13;;/h2-3,7-8,13-15,19H,4-6,9-11,20H2,1H3,(H,22,24);2*1H. The van der Waals surface area contributed by atoms with Crippen molar-refractivity contribution in [3.05, 3.63) is 30.1 Å². The smallest absolute Gasteiger partial charge is 0.240 e. The number of nitrogens with two attached hydrogens (primary N) is 1. The zero-order chi connectivity index (χ0) is 16.7. The molecule has 0 spiro atoms. The van der Waals surface area contributed by atoms with E-state index in [1.807, 2.05) is 35.8 Å². The first-order valence-corrected chi connectivity index (χ1v) is 9.08. The second-order valence-electron chi connectivity index (χ2n) is 7.51. The monoisotopic (exact) mass is 398 g/mol. The molecule has 144 valence electrons. The Morgan fingerprint density at radius 1 is 1.23 bits per heavy atom. The van der Waals surface area contributed by atoms with E-state index in [0.717, 1.165) is 29.7 Å². The number of fused-ring (bicyclic) bond motifs is 3. The maximum atomic E-state index is 12.7. The van der Waals surface area contributed by atoms with Gasteiger partial charge in [0.2, 0.25) is 5.91 Å². The zero-order valence-electron chi connectivity index (χ0n) is 15.1. The minimum atomic E-state index is 0. The van der Waals surface area contributed by atoms with E-state index in [0.29, 0.717) is 30.5 Å². The summed E-state index contributed by atoms with van der Waals surface area (Å²) in [7, 11) is 0. The summed E-state index contributed by atoms with van der Waals surface area (Å²) >= 11 is 0. The lowest BCUT2D eigenvalue weighted by Gasteiger charge is -2.45. The number of para-hydroxylation sites is 2. The highest BCUT2D eigenvalue weighted by Gasteiger charge is 2.39. The van der Waals surface area contributed by atoms with Crippen LogP contribution in [0, 0.1) is 18.8 Å². The number of halogens is 2. The van der Waals surface area contributed by atoms with Gasteiger partial charge in [-0.25, -0.2) is 4.98 Å². The summed E-state index contributed by atoms with van der Waals surface area (Å²) in [6.07, 6.45) is 5.77. The summed E-state index contributed by atoms with van der Waals surface area (Å²) in [6.45, 7) is 2.30. The predicted octanol–water partition coefficient (Wildman–Crippen LogP) is 3.21. The third-order valence-electron chi connectivity index (χ3n) is 5.85. The molecule has 2 aliphatic carbocycles. The molecule has 5 nitrogen and oxygen atoms in total. The van der Waals surface area contributed by atoms with Crippen LogP contribution in [-0.4, -0.2) is 27.5 Å². The fraction of sp³-hybridized carbons (Fsp3) is 0.579. The third-order valence-corrected chi connectivity index (χ3v) is 5.85. The van der Waals surface area contributed by atoms with E-state index in [2.05, 4.69) is 10.3 Å². The molecule has 0 aliphatic heterocycles. The molecule has 7 heteroatoms. The zero-order valence-corrected chi connectivity index (χ0v) is 16.7. The Morgan fingerprint density at radius 2 is 1.88 bits per heavy atom. The number of hydrogen-bond acceptors (Lipinski definition) is 3. The first kappa shape index (κ1) is 21.0. The predicted molar refractivity (Wildman–Crippen MR) is 109 cm³/mol. The first-order valence-electron chi connectivity index (χ1n) is 9.08. The first-order chi connectivity index (χ1) is 11.6.